The molecule has 0 fully saturated rings. The van der Waals surface area contributed by atoms with Gasteiger partial charge in [-0.2, -0.15) is 0 Å². The molecule has 3 nitrogen and oxygen atoms in total. The minimum Gasteiger partial charge on any atom is -0.464 e. The molecule has 1 N–H and O–H groups in total. The lowest BCUT2D eigenvalue weighted by atomic mass is 10.1. The summed E-state index contributed by atoms with van der Waals surface area (Å²) in [6.07, 6.45) is -1.64. The van der Waals surface area contributed by atoms with Crippen molar-refractivity contribution < 1.29 is 19.0 Å². The van der Waals surface area contributed by atoms with E-state index in [0.717, 1.165) is 0 Å². The van der Waals surface area contributed by atoms with Gasteiger partial charge in [0.2, 0.25) is 0 Å². The van der Waals surface area contributed by atoms with Gasteiger partial charge >= 0.3 is 5.97 Å². The van der Waals surface area contributed by atoms with Crippen LogP contribution in [0.5, 0.6) is 0 Å². The molecular weight excluding hydrogens is 235 g/mol. The summed E-state index contributed by atoms with van der Waals surface area (Å²) in [4.78, 5) is 11.2. The Morgan fingerprint density at radius 1 is 1.62 bits per heavy atom. The first-order chi connectivity index (χ1) is 7.47. The highest BCUT2D eigenvalue weighted by atomic mass is 35.5. The number of aliphatic hydroxyl groups excluding tert-OH is 1. The number of hydrogen-bond acceptors (Lipinski definition) is 3. The van der Waals surface area contributed by atoms with E-state index in [0.29, 0.717) is 5.56 Å². The molecule has 0 radical (unpaired) electrons. The second-order valence-electron chi connectivity index (χ2n) is 3.30. The molecule has 1 aromatic carbocycles. The van der Waals surface area contributed by atoms with Crippen LogP contribution < -0.4 is 0 Å². The van der Waals surface area contributed by atoms with Crippen molar-refractivity contribution in [1.82, 2.24) is 0 Å². The Labute approximate surface area is 97.8 Å². The number of aryl methyl sites for hydroxylation is 1. The van der Waals surface area contributed by atoms with Crippen molar-refractivity contribution in [3.63, 3.8) is 0 Å². The minimum atomic E-state index is -1.64. The number of halogens is 2. The second kappa shape index (κ2) is 5.27. The van der Waals surface area contributed by atoms with Gasteiger partial charge in [-0.15, -0.1) is 0 Å². The van der Waals surface area contributed by atoms with Crippen LogP contribution in [-0.2, 0) is 9.53 Å². The zero-order valence-electron chi connectivity index (χ0n) is 8.96. The molecular formula is C11H12ClFO3. The van der Waals surface area contributed by atoms with Crippen LogP contribution in [0.1, 0.15) is 24.2 Å². The van der Waals surface area contributed by atoms with E-state index in [-0.39, 0.29) is 17.2 Å². The van der Waals surface area contributed by atoms with Gasteiger partial charge in [-0.3, -0.25) is 0 Å². The van der Waals surface area contributed by atoms with Gasteiger partial charge in [0.05, 0.1) is 11.6 Å². The van der Waals surface area contributed by atoms with Crippen molar-refractivity contribution in [3.8, 4) is 0 Å². The monoisotopic (exact) mass is 246 g/mol. The third-order valence-electron chi connectivity index (χ3n) is 2.01. The number of benzene rings is 1. The van der Waals surface area contributed by atoms with Crippen LogP contribution in [0, 0.1) is 12.7 Å². The van der Waals surface area contributed by atoms with E-state index in [2.05, 4.69) is 4.74 Å². The second-order valence-corrected chi connectivity index (χ2v) is 3.71. The topological polar surface area (TPSA) is 46.5 Å². The number of rotatable bonds is 3. The van der Waals surface area contributed by atoms with Gasteiger partial charge < -0.3 is 9.84 Å². The Kier molecular flexibility index (Phi) is 4.26. The van der Waals surface area contributed by atoms with Crippen LogP contribution in [0.15, 0.2) is 12.1 Å². The molecule has 0 aliphatic heterocycles. The Hall–Kier alpha value is -1.13. The average Bonchev–Trinajstić information content (AvgIpc) is 2.22. The van der Waals surface area contributed by atoms with Crippen molar-refractivity contribution in [1.29, 1.82) is 0 Å². The van der Waals surface area contributed by atoms with E-state index >= 15 is 0 Å². The van der Waals surface area contributed by atoms with E-state index in [4.69, 9.17) is 11.6 Å². The quantitative estimate of drug-likeness (QED) is 0.833. The van der Waals surface area contributed by atoms with E-state index in [1.165, 1.54) is 12.1 Å². The lowest BCUT2D eigenvalue weighted by molar-refractivity contribution is -0.153. The highest BCUT2D eigenvalue weighted by Gasteiger charge is 2.23. The lowest BCUT2D eigenvalue weighted by Gasteiger charge is -2.12. The molecule has 88 valence electrons. The number of carbonyl (C=O) groups is 1. The molecule has 0 saturated heterocycles. The average molecular weight is 247 g/mol. The Bertz CT molecular complexity index is 406. The number of ether oxygens (including phenoxy) is 1. The zero-order chi connectivity index (χ0) is 12.3. The van der Waals surface area contributed by atoms with Crippen molar-refractivity contribution in [3.05, 3.63) is 34.1 Å². The van der Waals surface area contributed by atoms with Crippen LogP contribution >= 0.6 is 11.6 Å². The number of hydrogen-bond donors (Lipinski definition) is 1. The fourth-order valence-corrected chi connectivity index (χ4v) is 1.58. The van der Waals surface area contributed by atoms with Crippen LogP contribution in [0.2, 0.25) is 5.02 Å². The van der Waals surface area contributed by atoms with Gasteiger partial charge in [-0.25, -0.2) is 9.18 Å². The number of esters is 1. The molecule has 16 heavy (non-hydrogen) atoms. The third-order valence-corrected chi connectivity index (χ3v) is 2.28. The van der Waals surface area contributed by atoms with E-state index < -0.39 is 17.9 Å². The molecule has 0 spiro atoms. The van der Waals surface area contributed by atoms with Crippen LogP contribution in [0.25, 0.3) is 0 Å². The van der Waals surface area contributed by atoms with Gasteiger partial charge in [0, 0.05) is 5.56 Å². The minimum absolute atomic E-state index is 0.122. The molecule has 1 rings (SSSR count). The maximum absolute atomic E-state index is 13.5. The lowest BCUT2D eigenvalue weighted by Crippen LogP contribution is -2.17. The molecule has 1 atom stereocenters. The fraction of sp³-hybridized carbons (Fsp3) is 0.364. The molecule has 0 aromatic heterocycles. The van der Waals surface area contributed by atoms with Crippen LogP contribution in [-0.4, -0.2) is 17.7 Å². The first-order valence-corrected chi connectivity index (χ1v) is 5.15. The number of aliphatic hydroxyl groups is 1. The summed E-state index contributed by atoms with van der Waals surface area (Å²) in [7, 11) is 0. The predicted molar refractivity (Wildman–Crippen MR) is 57.7 cm³/mol. The Morgan fingerprint density at radius 3 is 2.81 bits per heavy atom. The summed E-state index contributed by atoms with van der Waals surface area (Å²) in [5, 5.41) is 9.45. The molecule has 0 aliphatic carbocycles. The van der Waals surface area contributed by atoms with Gasteiger partial charge in [-0.1, -0.05) is 11.6 Å². The van der Waals surface area contributed by atoms with Crippen LogP contribution in [0.3, 0.4) is 0 Å². The maximum Gasteiger partial charge on any atom is 0.339 e. The molecule has 0 saturated carbocycles. The highest BCUT2D eigenvalue weighted by Crippen LogP contribution is 2.26. The predicted octanol–water partition coefficient (Wildman–Crippen LogP) is 2.38. The standard InChI is InChI=1S/C11H12ClFO3/c1-3-16-11(15)10(14)7-4-6(2)5-8(12)9(7)13/h4-5,10,14H,3H2,1-2H3. The summed E-state index contributed by atoms with van der Waals surface area (Å²) in [6.45, 7) is 3.41. The summed E-state index contributed by atoms with van der Waals surface area (Å²) in [5.74, 6) is -1.68. The van der Waals surface area contributed by atoms with Gasteiger partial charge in [0.15, 0.2) is 6.10 Å². The van der Waals surface area contributed by atoms with Gasteiger partial charge in [0.1, 0.15) is 5.82 Å². The molecule has 0 aliphatic rings. The highest BCUT2D eigenvalue weighted by molar-refractivity contribution is 6.30. The normalized spacial score (nSPS) is 12.3. The van der Waals surface area contributed by atoms with Crippen molar-refractivity contribution in [2.24, 2.45) is 0 Å². The largest absolute Gasteiger partial charge is 0.464 e. The summed E-state index contributed by atoms with van der Waals surface area (Å²) in [6, 6.07) is 2.78. The summed E-state index contributed by atoms with van der Waals surface area (Å²) in [5.41, 5.74) is 0.494. The molecule has 1 aromatic rings. The van der Waals surface area contributed by atoms with Gasteiger partial charge in [-0.05, 0) is 31.5 Å². The number of carbonyl (C=O) groups excluding carboxylic acids is 1. The first kappa shape index (κ1) is 12.9. The van der Waals surface area contributed by atoms with Crippen molar-refractivity contribution >= 4 is 17.6 Å². The first-order valence-electron chi connectivity index (χ1n) is 4.77. The smallest absolute Gasteiger partial charge is 0.339 e. The van der Waals surface area contributed by atoms with E-state index in [9.17, 15) is 14.3 Å². The Balaban J connectivity index is 3.08. The molecule has 0 heterocycles. The summed E-state index contributed by atoms with van der Waals surface area (Å²) < 4.78 is 18.1. The van der Waals surface area contributed by atoms with Gasteiger partial charge in [0.25, 0.3) is 0 Å². The molecule has 5 heteroatoms. The maximum atomic E-state index is 13.5. The molecule has 1 unspecified atom stereocenters. The zero-order valence-corrected chi connectivity index (χ0v) is 9.71. The molecule has 0 amide bonds. The third kappa shape index (κ3) is 2.71. The Morgan fingerprint density at radius 2 is 2.25 bits per heavy atom. The van der Waals surface area contributed by atoms with Crippen molar-refractivity contribution in [2.45, 2.75) is 20.0 Å². The van der Waals surface area contributed by atoms with Crippen molar-refractivity contribution in [2.75, 3.05) is 6.61 Å². The van der Waals surface area contributed by atoms with Crippen LogP contribution in [0.4, 0.5) is 4.39 Å². The van der Waals surface area contributed by atoms with E-state index in [1.54, 1.807) is 13.8 Å². The fourth-order valence-electron chi connectivity index (χ4n) is 1.30. The summed E-state index contributed by atoms with van der Waals surface area (Å²) >= 11 is 5.61. The van der Waals surface area contributed by atoms with E-state index in [1.807, 2.05) is 0 Å². The SMILES string of the molecule is CCOC(=O)C(O)c1cc(C)cc(Cl)c1F. The molecule has 0 bridgehead atoms.